The smallest absolute Gasteiger partial charge is 0.333 e. The van der Waals surface area contributed by atoms with Crippen molar-refractivity contribution in [2.75, 3.05) is 9.71 Å². The number of fused-ring (bicyclic) bond motifs is 9. The minimum absolute atomic E-state index is 0.0324. The van der Waals surface area contributed by atoms with Crippen LogP contribution in [0, 0.1) is 6.92 Å². The second-order valence-electron chi connectivity index (χ2n) is 20.4. The zero-order valence-electron chi connectivity index (χ0n) is 36.5. The van der Waals surface area contributed by atoms with Crippen molar-refractivity contribution >= 4 is 68.0 Å². The summed E-state index contributed by atoms with van der Waals surface area (Å²) < 4.78 is 9.57. The first-order chi connectivity index (χ1) is 28.6. The first-order valence-corrected chi connectivity index (χ1v) is 21.5. The molecule has 4 heterocycles. The molecule has 60 heavy (non-hydrogen) atoms. The van der Waals surface area contributed by atoms with E-state index in [-0.39, 0.29) is 23.1 Å². The van der Waals surface area contributed by atoms with E-state index in [1.807, 2.05) is 0 Å². The van der Waals surface area contributed by atoms with E-state index in [0.29, 0.717) is 0 Å². The van der Waals surface area contributed by atoms with Crippen molar-refractivity contribution in [1.29, 1.82) is 0 Å². The predicted molar refractivity (Wildman–Crippen MR) is 255 cm³/mol. The van der Waals surface area contributed by atoms with Gasteiger partial charge in [-0.2, -0.15) is 0 Å². The molecule has 0 saturated heterocycles. The number of aryl methyl sites for hydroxylation is 1. The van der Waals surface area contributed by atoms with Crippen LogP contribution in [0.1, 0.15) is 84.6 Å². The molecule has 8 aromatic rings. The van der Waals surface area contributed by atoms with Gasteiger partial charge in [0, 0.05) is 39.1 Å². The van der Waals surface area contributed by atoms with Crippen LogP contribution in [0.15, 0.2) is 133 Å². The van der Waals surface area contributed by atoms with Crippen LogP contribution >= 0.6 is 0 Å². The highest BCUT2D eigenvalue weighted by Crippen LogP contribution is 2.57. The third-order valence-corrected chi connectivity index (χ3v) is 13.2. The molecule has 4 nitrogen and oxygen atoms in total. The summed E-state index contributed by atoms with van der Waals surface area (Å²) in [7, 11) is 0. The molecule has 0 saturated carbocycles. The minimum atomic E-state index is -0.117. The molecule has 0 atom stereocenters. The number of benzene rings is 7. The molecule has 296 valence electrons. The molecule has 5 heteroatoms. The van der Waals surface area contributed by atoms with Gasteiger partial charge in [0.05, 0.1) is 22.4 Å². The summed E-state index contributed by atoms with van der Waals surface area (Å²) in [6.07, 6.45) is 0. The molecule has 0 bridgehead atoms. The van der Waals surface area contributed by atoms with Crippen molar-refractivity contribution < 1.29 is 4.74 Å². The van der Waals surface area contributed by atoms with E-state index >= 15 is 0 Å². The first-order valence-electron chi connectivity index (χ1n) is 21.5. The summed E-state index contributed by atoms with van der Waals surface area (Å²) in [5, 5.41) is 2.50. The Morgan fingerprint density at radius 3 is 1.87 bits per heavy atom. The molecule has 3 aliphatic rings. The standard InChI is InChI=1S/C55H52BN3O/c1-33-26-41-42-28-36(55(8,9)10)30-50-52(42)59(45-25-22-35(54(5,6)7)29-49(45)60-50)56-43-31-40-39-18-14-15-19-44(39)57(37-16-12-11-13-17-37)46(40)32-47(43)58(48(27-33)51(41)56)38-23-20-34(21-24-38)53(2,3)4/h11-32H,1-10H3. The molecule has 0 radical (unpaired) electrons. The quantitative estimate of drug-likeness (QED) is 0.163. The van der Waals surface area contributed by atoms with Gasteiger partial charge in [-0.3, -0.25) is 0 Å². The highest BCUT2D eigenvalue weighted by Gasteiger charge is 2.49. The number of para-hydroxylation sites is 2. The third kappa shape index (κ3) is 5.37. The number of nitrogens with zero attached hydrogens (tertiary/aromatic N) is 3. The Balaban J connectivity index is 1.29. The highest BCUT2D eigenvalue weighted by atomic mass is 16.5. The molecule has 0 aliphatic carbocycles. The molecule has 3 aliphatic heterocycles. The van der Waals surface area contributed by atoms with E-state index in [0.717, 1.165) is 34.2 Å². The summed E-state index contributed by atoms with van der Waals surface area (Å²) in [6, 6.07) is 50.6. The zero-order chi connectivity index (χ0) is 41.6. The lowest BCUT2D eigenvalue weighted by molar-refractivity contribution is 0.470. The fourth-order valence-electron chi connectivity index (χ4n) is 10.0. The van der Waals surface area contributed by atoms with Crippen LogP contribution < -0.4 is 25.4 Å². The van der Waals surface area contributed by atoms with Crippen molar-refractivity contribution in [1.82, 2.24) is 4.57 Å². The monoisotopic (exact) mass is 781 g/mol. The maximum absolute atomic E-state index is 7.12. The maximum Gasteiger partial charge on any atom is 0.333 e. The Kier molecular flexibility index (Phi) is 7.63. The van der Waals surface area contributed by atoms with Gasteiger partial charge in [0.25, 0.3) is 0 Å². The Morgan fingerprint density at radius 1 is 0.483 bits per heavy atom. The number of hydrogen-bond acceptors (Lipinski definition) is 3. The van der Waals surface area contributed by atoms with Crippen LogP contribution in [0.3, 0.4) is 0 Å². The SMILES string of the molecule is Cc1cc2c3c(c1)N(c1ccc(C(C)(C)C)cc1)c1cc4c(cc1B3N1c3ccc(C(C)(C)C)cc3Oc3cc(C(C)(C)C)cc-2c31)c1ccccc1n4-c1ccccc1. The van der Waals surface area contributed by atoms with Gasteiger partial charge in [-0.05, 0) is 129 Å². The molecule has 11 rings (SSSR count). The van der Waals surface area contributed by atoms with Gasteiger partial charge in [-0.25, -0.2) is 0 Å². The molecule has 7 aromatic carbocycles. The van der Waals surface area contributed by atoms with E-state index in [4.69, 9.17) is 4.74 Å². The van der Waals surface area contributed by atoms with Crippen molar-refractivity contribution in [2.45, 2.75) is 85.5 Å². The lowest BCUT2D eigenvalue weighted by atomic mass is 9.43. The first kappa shape index (κ1) is 36.9. The fourth-order valence-corrected chi connectivity index (χ4v) is 10.0. The van der Waals surface area contributed by atoms with Crippen LogP contribution in [0.2, 0.25) is 0 Å². The second-order valence-corrected chi connectivity index (χ2v) is 20.4. The summed E-state index contributed by atoms with van der Waals surface area (Å²) in [5.41, 5.74) is 19.5. The largest absolute Gasteiger partial charge is 0.453 e. The van der Waals surface area contributed by atoms with Gasteiger partial charge in [0.2, 0.25) is 0 Å². The lowest BCUT2D eigenvalue weighted by Gasteiger charge is -2.48. The minimum Gasteiger partial charge on any atom is -0.453 e. The van der Waals surface area contributed by atoms with E-state index < -0.39 is 0 Å². The van der Waals surface area contributed by atoms with E-state index in [2.05, 4.69) is 217 Å². The van der Waals surface area contributed by atoms with Gasteiger partial charge in [0.1, 0.15) is 5.75 Å². The molecular weight excluding hydrogens is 729 g/mol. The molecule has 0 fully saturated rings. The van der Waals surface area contributed by atoms with Crippen LogP contribution in [-0.4, -0.2) is 11.4 Å². The van der Waals surface area contributed by atoms with Crippen molar-refractivity contribution in [3.05, 3.63) is 156 Å². The molecule has 0 N–H and O–H groups in total. The van der Waals surface area contributed by atoms with Gasteiger partial charge in [0.15, 0.2) is 5.75 Å². The Bertz CT molecular complexity index is 3080. The second kappa shape index (κ2) is 12.4. The fraction of sp³-hybridized carbons (Fsp3) is 0.236. The maximum atomic E-state index is 7.12. The van der Waals surface area contributed by atoms with Crippen molar-refractivity contribution in [3.63, 3.8) is 0 Å². The van der Waals surface area contributed by atoms with E-state index in [1.165, 1.54) is 77.5 Å². The van der Waals surface area contributed by atoms with Crippen LogP contribution in [0.4, 0.5) is 28.4 Å². The number of hydrogen-bond donors (Lipinski definition) is 0. The third-order valence-electron chi connectivity index (χ3n) is 13.2. The van der Waals surface area contributed by atoms with Gasteiger partial charge >= 0.3 is 6.85 Å². The van der Waals surface area contributed by atoms with Crippen LogP contribution in [-0.2, 0) is 16.2 Å². The number of rotatable bonds is 2. The summed E-state index contributed by atoms with van der Waals surface area (Å²) >= 11 is 0. The Labute approximate surface area is 355 Å². The molecule has 0 unspecified atom stereocenters. The lowest BCUT2D eigenvalue weighted by Crippen LogP contribution is -2.62. The van der Waals surface area contributed by atoms with E-state index in [1.54, 1.807) is 0 Å². The number of ether oxygens (including phenoxy) is 1. The topological polar surface area (TPSA) is 20.6 Å². The summed E-state index contributed by atoms with van der Waals surface area (Å²) in [6.45, 7) is 22.8. The average Bonchev–Trinajstić information content (AvgIpc) is 3.53. The Morgan fingerprint density at radius 2 is 1.15 bits per heavy atom. The molecule has 1 aromatic heterocycles. The van der Waals surface area contributed by atoms with Crippen molar-refractivity contribution in [3.8, 4) is 28.3 Å². The van der Waals surface area contributed by atoms with Gasteiger partial charge in [-0.15, -0.1) is 0 Å². The molecular formula is C55H52BN3O. The summed E-state index contributed by atoms with van der Waals surface area (Å²) in [4.78, 5) is 5.19. The predicted octanol–water partition coefficient (Wildman–Crippen LogP) is 13.8. The van der Waals surface area contributed by atoms with Gasteiger partial charge < -0.3 is 19.0 Å². The molecule has 0 amide bonds. The Hall–Kier alpha value is -6.20. The summed E-state index contributed by atoms with van der Waals surface area (Å²) in [5.74, 6) is 1.83. The number of aromatic nitrogens is 1. The average molecular weight is 782 g/mol. The van der Waals surface area contributed by atoms with Gasteiger partial charge in [-0.1, -0.05) is 129 Å². The number of anilines is 5. The van der Waals surface area contributed by atoms with Crippen LogP contribution in [0.5, 0.6) is 11.5 Å². The zero-order valence-corrected chi connectivity index (χ0v) is 36.5. The normalized spacial score (nSPS) is 14.2. The van der Waals surface area contributed by atoms with E-state index in [9.17, 15) is 0 Å². The van der Waals surface area contributed by atoms with Crippen LogP contribution in [0.25, 0.3) is 38.6 Å². The van der Waals surface area contributed by atoms with Crippen molar-refractivity contribution in [2.24, 2.45) is 0 Å². The molecule has 0 spiro atoms. The highest BCUT2D eigenvalue weighted by molar-refractivity contribution is 6.94.